The third kappa shape index (κ3) is 6.60. The average Bonchev–Trinajstić information content (AvgIpc) is 3.91. The summed E-state index contributed by atoms with van der Waals surface area (Å²) in [5, 5.41) is 10.7. The Morgan fingerprint density at radius 1 is 0.981 bits per heavy atom. The van der Waals surface area contributed by atoms with Crippen LogP contribution in [0.25, 0.3) is 0 Å². The molecular weight excluding hydrogens is 679 g/mol. The number of benzene rings is 4. The number of nitrogens with one attached hydrogen (secondary N) is 1. The van der Waals surface area contributed by atoms with Crippen molar-refractivity contribution in [2.24, 2.45) is 0 Å². The van der Waals surface area contributed by atoms with Crippen LogP contribution in [0.5, 0.6) is 0 Å². The molecule has 0 saturated carbocycles. The maximum absolute atomic E-state index is 14.8. The molecular formula is C42H38F3N5O3. The molecule has 1 unspecified atom stereocenters. The van der Waals surface area contributed by atoms with Crippen molar-refractivity contribution in [3.8, 4) is 0 Å². The lowest BCUT2D eigenvalue weighted by molar-refractivity contribution is -0.122. The monoisotopic (exact) mass is 717 g/mol. The molecule has 2 amide bonds. The molecule has 3 atom stereocenters. The van der Waals surface area contributed by atoms with Gasteiger partial charge in [0.05, 0.1) is 6.04 Å². The van der Waals surface area contributed by atoms with Gasteiger partial charge in [0.2, 0.25) is 18.2 Å². The van der Waals surface area contributed by atoms with E-state index in [2.05, 4.69) is 39.1 Å². The highest BCUT2D eigenvalue weighted by molar-refractivity contribution is 6.03. The zero-order valence-electron chi connectivity index (χ0n) is 29.0. The predicted molar refractivity (Wildman–Crippen MR) is 194 cm³/mol. The molecule has 1 spiro atoms. The van der Waals surface area contributed by atoms with Gasteiger partial charge in [0.25, 0.3) is 5.91 Å². The van der Waals surface area contributed by atoms with Gasteiger partial charge >= 0.3 is 0 Å². The highest BCUT2D eigenvalue weighted by Gasteiger charge is 2.46. The summed E-state index contributed by atoms with van der Waals surface area (Å²) in [4.78, 5) is 30.9. The van der Waals surface area contributed by atoms with Gasteiger partial charge in [-0.15, -0.1) is 10.2 Å². The fourth-order valence-corrected chi connectivity index (χ4v) is 8.74. The van der Waals surface area contributed by atoms with E-state index in [9.17, 15) is 22.8 Å². The highest BCUT2D eigenvalue weighted by atomic mass is 19.2. The standard InChI is InChI=1S/C42H38F3N5O3/c1-2-40(52)50-37-13-10-31(20-28(37)21-38(50)27-6-4-3-5-7-27)49-16-14-42(15-17-49)24-29(32-11-9-30(43)23-33(32)42)22-39(51)47-36(41-48-46-25-53-41)19-26-8-12-34(44)35(45)18-26/h2-13,18,20,23,25,29,36,38H,1,14-17,19,21-22,24H2,(H,47,51)/t29-,36-,38?/m1/s1. The van der Waals surface area contributed by atoms with Crippen molar-refractivity contribution in [1.29, 1.82) is 0 Å². The van der Waals surface area contributed by atoms with Crippen molar-refractivity contribution < 1.29 is 27.2 Å². The summed E-state index contributed by atoms with van der Waals surface area (Å²) in [5.74, 6) is -2.63. The smallest absolute Gasteiger partial charge is 0.250 e. The molecule has 1 aliphatic carbocycles. The molecule has 1 saturated heterocycles. The first-order chi connectivity index (χ1) is 25.7. The number of amides is 2. The second-order valence-corrected chi connectivity index (χ2v) is 14.3. The van der Waals surface area contributed by atoms with Gasteiger partial charge in [-0.1, -0.05) is 49.0 Å². The molecule has 270 valence electrons. The number of hydrogen-bond donors (Lipinski definition) is 1. The number of aromatic nitrogens is 2. The van der Waals surface area contributed by atoms with Crippen molar-refractivity contribution >= 4 is 23.2 Å². The van der Waals surface area contributed by atoms with Gasteiger partial charge in [-0.3, -0.25) is 9.59 Å². The van der Waals surface area contributed by atoms with Gasteiger partial charge < -0.3 is 19.5 Å². The van der Waals surface area contributed by atoms with Gasteiger partial charge in [-0.05, 0) is 113 Å². The van der Waals surface area contributed by atoms with E-state index in [0.29, 0.717) is 18.4 Å². The Balaban J connectivity index is 0.977. The number of hydrogen-bond acceptors (Lipinski definition) is 6. The van der Waals surface area contributed by atoms with Crippen molar-refractivity contribution in [2.45, 2.75) is 61.9 Å². The van der Waals surface area contributed by atoms with Crippen LogP contribution in [-0.2, 0) is 27.8 Å². The molecule has 3 aliphatic rings. The van der Waals surface area contributed by atoms with Crippen molar-refractivity contribution in [2.75, 3.05) is 22.9 Å². The number of rotatable bonds is 9. The highest BCUT2D eigenvalue weighted by Crippen LogP contribution is 2.53. The molecule has 1 aromatic heterocycles. The first-order valence-corrected chi connectivity index (χ1v) is 17.9. The topological polar surface area (TPSA) is 91.6 Å². The SMILES string of the molecule is C=CC(=O)N1c2ccc(N3CCC4(CC3)C[C@@H](CC(=O)N[C@H](Cc3ccc(F)c(F)c3)c3nnco3)c3ccc(F)cc34)cc2CC1c1ccccc1. The molecule has 0 radical (unpaired) electrons. The largest absolute Gasteiger partial charge is 0.426 e. The second-order valence-electron chi connectivity index (χ2n) is 14.3. The number of carbonyl (C=O) groups is 2. The van der Waals surface area contributed by atoms with Gasteiger partial charge in [-0.25, -0.2) is 13.2 Å². The molecule has 5 aromatic rings. The van der Waals surface area contributed by atoms with E-state index in [1.165, 1.54) is 18.2 Å². The van der Waals surface area contributed by atoms with E-state index >= 15 is 0 Å². The van der Waals surface area contributed by atoms with Crippen LogP contribution in [0.15, 0.2) is 108 Å². The van der Waals surface area contributed by atoms with Crippen molar-refractivity contribution in [1.82, 2.24) is 15.5 Å². The number of halogens is 3. The molecule has 3 heterocycles. The summed E-state index contributed by atoms with van der Waals surface area (Å²) in [7, 11) is 0. The Kier molecular flexibility index (Phi) is 9.10. The van der Waals surface area contributed by atoms with Gasteiger partial charge in [-0.2, -0.15) is 0 Å². The lowest BCUT2D eigenvalue weighted by Crippen LogP contribution is -2.42. The summed E-state index contributed by atoms with van der Waals surface area (Å²) in [6.07, 6.45) is 5.76. The molecule has 1 fully saturated rings. The molecule has 53 heavy (non-hydrogen) atoms. The fourth-order valence-electron chi connectivity index (χ4n) is 8.74. The van der Waals surface area contributed by atoms with Gasteiger partial charge in [0.15, 0.2) is 11.6 Å². The minimum atomic E-state index is -0.983. The van der Waals surface area contributed by atoms with E-state index in [1.807, 2.05) is 41.3 Å². The molecule has 1 N–H and O–H groups in total. The van der Waals surface area contributed by atoms with E-state index in [-0.39, 0.29) is 53.7 Å². The molecule has 8 nitrogen and oxygen atoms in total. The molecule has 2 aliphatic heterocycles. The average molecular weight is 718 g/mol. The summed E-state index contributed by atoms with van der Waals surface area (Å²) >= 11 is 0. The molecule has 4 aromatic carbocycles. The third-order valence-corrected chi connectivity index (χ3v) is 11.3. The lowest BCUT2D eigenvalue weighted by atomic mass is 9.73. The Hall–Kier alpha value is -5.71. The minimum Gasteiger partial charge on any atom is -0.426 e. The summed E-state index contributed by atoms with van der Waals surface area (Å²) in [5.41, 5.74) is 6.26. The van der Waals surface area contributed by atoms with Crippen LogP contribution in [-0.4, -0.2) is 35.1 Å². The Bertz CT molecular complexity index is 2170. The summed E-state index contributed by atoms with van der Waals surface area (Å²) in [6.45, 7) is 5.24. The first kappa shape index (κ1) is 34.4. The summed E-state index contributed by atoms with van der Waals surface area (Å²) in [6, 6.07) is 24.0. The zero-order valence-corrected chi connectivity index (χ0v) is 29.0. The van der Waals surface area contributed by atoms with Gasteiger partial charge in [0.1, 0.15) is 11.9 Å². The molecule has 11 heteroatoms. The predicted octanol–water partition coefficient (Wildman–Crippen LogP) is 7.82. The van der Waals surface area contributed by atoms with E-state index in [4.69, 9.17) is 4.42 Å². The minimum absolute atomic E-state index is 0.108. The van der Waals surface area contributed by atoms with Crippen LogP contribution in [0.3, 0.4) is 0 Å². The van der Waals surface area contributed by atoms with E-state index in [0.717, 1.165) is 78.1 Å². The number of piperidine rings is 1. The maximum atomic E-state index is 14.8. The molecule has 8 rings (SSSR count). The Morgan fingerprint density at radius 2 is 1.79 bits per heavy atom. The van der Waals surface area contributed by atoms with Crippen LogP contribution in [0, 0.1) is 17.5 Å². The molecule has 0 bridgehead atoms. The summed E-state index contributed by atoms with van der Waals surface area (Å²) < 4.78 is 47.8. The van der Waals surface area contributed by atoms with E-state index < -0.39 is 17.7 Å². The third-order valence-electron chi connectivity index (χ3n) is 11.3. The van der Waals surface area contributed by atoms with Crippen molar-refractivity contribution in [3.05, 3.63) is 155 Å². The zero-order chi connectivity index (χ0) is 36.7. The lowest BCUT2D eigenvalue weighted by Gasteiger charge is -2.41. The van der Waals surface area contributed by atoms with Crippen LogP contribution < -0.4 is 15.1 Å². The number of fused-ring (bicyclic) bond motifs is 3. The maximum Gasteiger partial charge on any atom is 0.250 e. The second kappa shape index (κ2) is 14.0. The fraction of sp³-hybridized carbons (Fsp3) is 0.286. The van der Waals surface area contributed by atoms with Crippen LogP contribution in [0.1, 0.15) is 77.4 Å². The van der Waals surface area contributed by atoms with E-state index in [1.54, 1.807) is 12.1 Å². The Morgan fingerprint density at radius 3 is 2.53 bits per heavy atom. The van der Waals surface area contributed by atoms with Crippen LogP contribution in [0.4, 0.5) is 24.5 Å². The Labute approximate surface area is 305 Å². The van der Waals surface area contributed by atoms with Crippen LogP contribution >= 0.6 is 0 Å². The quantitative estimate of drug-likeness (QED) is 0.157. The van der Waals surface area contributed by atoms with Gasteiger partial charge in [0, 0.05) is 37.3 Å². The normalized spacial score (nSPS) is 19.2. The van der Waals surface area contributed by atoms with Crippen LogP contribution in [0.2, 0.25) is 0 Å². The number of anilines is 2. The number of nitrogens with zero attached hydrogens (tertiary/aromatic N) is 4. The van der Waals surface area contributed by atoms with Crippen molar-refractivity contribution in [3.63, 3.8) is 0 Å². The number of carbonyl (C=O) groups excluding carboxylic acids is 2. The first-order valence-electron chi connectivity index (χ1n) is 17.9.